The van der Waals surface area contributed by atoms with E-state index in [1.807, 2.05) is 44.2 Å². The predicted molar refractivity (Wildman–Crippen MR) is 99.5 cm³/mol. The number of aryl methyl sites for hydroxylation is 2. The fraction of sp³-hybridized carbons (Fsp3) is 0.100. The first-order chi connectivity index (χ1) is 12.6. The predicted octanol–water partition coefficient (Wildman–Crippen LogP) is 3.43. The van der Waals surface area contributed by atoms with Crippen LogP contribution in [0.5, 0.6) is 0 Å². The molecule has 1 amide bonds. The fourth-order valence-electron chi connectivity index (χ4n) is 2.43. The van der Waals surface area contributed by atoms with Crippen molar-refractivity contribution in [2.24, 2.45) is 0 Å². The van der Waals surface area contributed by atoms with Gasteiger partial charge in [0.25, 0.3) is 5.91 Å². The molecule has 0 aliphatic carbocycles. The Morgan fingerprint density at radius 1 is 1.23 bits per heavy atom. The number of benzene rings is 1. The van der Waals surface area contributed by atoms with E-state index >= 15 is 0 Å². The molecule has 0 aliphatic heterocycles. The Labute approximate surface area is 151 Å². The molecule has 0 bridgehead atoms. The van der Waals surface area contributed by atoms with E-state index in [9.17, 15) is 10.1 Å². The average molecular weight is 343 g/mol. The average Bonchev–Trinajstić information content (AvgIpc) is 3.01. The number of nitrogens with one attached hydrogen (secondary N) is 1. The second kappa shape index (κ2) is 7.45. The van der Waals surface area contributed by atoms with Crippen molar-refractivity contribution in [3.63, 3.8) is 0 Å². The minimum atomic E-state index is -0.496. The van der Waals surface area contributed by atoms with Gasteiger partial charge in [-0.2, -0.15) is 10.4 Å². The van der Waals surface area contributed by atoms with Crippen LogP contribution in [0.4, 0.5) is 5.82 Å². The van der Waals surface area contributed by atoms with Crippen molar-refractivity contribution in [2.45, 2.75) is 13.8 Å². The quantitative estimate of drug-likeness (QED) is 0.581. The van der Waals surface area contributed by atoms with Crippen LogP contribution in [0.25, 0.3) is 11.8 Å². The molecule has 1 N–H and O–H groups in total. The van der Waals surface area contributed by atoms with Gasteiger partial charge in [-0.15, -0.1) is 0 Å². The smallest absolute Gasteiger partial charge is 0.267 e. The Bertz CT molecular complexity index is 995. The van der Waals surface area contributed by atoms with Crippen LogP contribution in [-0.2, 0) is 4.79 Å². The maximum absolute atomic E-state index is 12.5. The largest absolute Gasteiger partial charge is 0.306 e. The Hall–Kier alpha value is -3.72. The van der Waals surface area contributed by atoms with E-state index < -0.39 is 5.91 Å². The van der Waals surface area contributed by atoms with Gasteiger partial charge in [0.05, 0.1) is 11.4 Å². The van der Waals surface area contributed by atoms with E-state index in [-0.39, 0.29) is 5.57 Å². The molecule has 3 aromatic rings. The molecule has 2 aromatic heterocycles. The van der Waals surface area contributed by atoms with Crippen LogP contribution >= 0.6 is 0 Å². The summed E-state index contributed by atoms with van der Waals surface area (Å²) in [5.74, 6) is 0.00769. The maximum atomic E-state index is 12.5. The molecule has 0 unspecified atom stereocenters. The summed E-state index contributed by atoms with van der Waals surface area (Å²) in [5.41, 5.74) is 3.40. The van der Waals surface area contributed by atoms with Crippen LogP contribution in [0.15, 0.2) is 60.4 Å². The number of pyridine rings is 1. The molecule has 6 nitrogen and oxygen atoms in total. The standard InChI is InChI=1S/C20H17N5O/c1-14-5-7-18(8-6-14)25-19(10-15(2)24-25)23-20(26)17(12-21)11-16-4-3-9-22-13-16/h3-11,13H,1-2H3,(H,23,26)/b17-11+. The molecular weight excluding hydrogens is 326 g/mol. The molecule has 128 valence electrons. The number of rotatable bonds is 4. The van der Waals surface area contributed by atoms with Gasteiger partial charge in [0.15, 0.2) is 0 Å². The van der Waals surface area contributed by atoms with E-state index in [1.165, 1.54) is 6.08 Å². The minimum absolute atomic E-state index is 0.00712. The summed E-state index contributed by atoms with van der Waals surface area (Å²) in [6.07, 6.45) is 4.72. The van der Waals surface area contributed by atoms with Gasteiger partial charge in [-0.3, -0.25) is 9.78 Å². The van der Waals surface area contributed by atoms with Crippen LogP contribution in [-0.4, -0.2) is 20.7 Å². The molecule has 0 aliphatic rings. The summed E-state index contributed by atoms with van der Waals surface area (Å²) in [4.78, 5) is 16.5. The van der Waals surface area contributed by atoms with E-state index in [0.717, 1.165) is 16.9 Å². The fourth-order valence-corrected chi connectivity index (χ4v) is 2.43. The molecule has 2 heterocycles. The van der Waals surface area contributed by atoms with Gasteiger partial charge in [-0.05, 0) is 43.7 Å². The Balaban J connectivity index is 1.89. The van der Waals surface area contributed by atoms with Crippen LogP contribution < -0.4 is 5.32 Å². The molecular formula is C20H17N5O. The highest BCUT2D eigenvalue weighted by Gasteiger charge is 2.14. The van der Waals surface area contributed by atoms with Crippen LogP contribution in [0, 0.1) is 25.2 Å². The summed E-state index contributed by atoms with van der Waals surface area (Å²) in [6, 6.07) is 15.0. The SMILES string of the molecule is Cc1ccc(-n2nc(C)cc2NC(=O)/C(C#N)=C/c2cccnc2)cc1. The van der Waals surface area contributed by atoms with E-state index in [0.29, 0.717) is 11.4 Å². The monoisotopic (exact) mass is 343 g/mol. The normalized spacial score (nSPS) is 11.0. The van der Waals surface area contributed by atoms with Crippen molar-refractivity contribution >= 4 is 17.8 Å². The van der Waals surface area contributed by atoms with Crippen molar-refractivity contribution in [3.05, 3.63) is 77.3 Å². The Morgan fingerprint density at radius 3 is 2.65 bits per heavy atom. The summed E-state index contributed by atoms with van der Waals surface area (Å²) in [6.45, 7) is 3.85. The molecule has 0 saturated carbocycles. The topological polar surface area (TPSA) is 83.6 Å². The lowest BCUT2D eigenvalue weighted by atomic mass is 10.1. The number of nitriles is 1. The number of carbonyl (C=O) groups excluding carboxylic acids is 1. The highest BCUT2D eigenvalue weighted by molar-refractivity contribution is 6.09. The summed E-state index contributed by atoms with van der Waals surface area (Å²) < 4.78 is 1.64. The van der Waals surface area contributed by atoms with Gasteiger partial charge in [-0.25, -0.2) is 4.68 Å². The lowest BCUT2D eigenvalue weighted by Gasteiger charge is -2.09. The lowest BCUT2D eigenvalue weighted by Crippen LogP contribution is -2.16. The molecule has 0 saturated heterocycles. The number of nitrogens with zero attached hydrogens (tertiary/aromatic N) is 4. The minimum Gasteiger partial charge on any atom is -0.306 e. The third kappa shape index (κ3) is 3.84. The molecule has 6 heteroatoms. The zero-order valence-electron chi connectivity index (χ0n) is 14.5. The second-order valence-electron chi connectivity index (χ2n) is 5.83. The molecule has 3 rings (SSSR count). The first-order valence-corrected chi connectivity index (χ1v) is 8.04. The van der Waals surface area contributed by atoms with Crippen LogP contribution in [0.3, 0.4) is 0 Å². The molecule has 0 spiro atoms. The van der Waals surface area contributed by atoms with Crippen molar-refractivity contribution < 1.29 is 4.79 Å². The first-order valence-electron chi connectivity index (χ1n) is 8.04. The van der Waals surface area contributed by atoms with Crippen LogP contribution in [0.1, 0.15) is 16.8 Å². The lowest BCUT2D eigenvalue weighted by molar-refractivity contribution is -0.112. The number of amides is 1. The van der Waals surface area contributed by atoms with Gasteiger partial charge in [0.2, 0.25) is 0 Å². The van der Waals surface area contributed by atoms with Crippen molar-refractivity contribution in [3.8, 4) is 11.8 Å². The molecule has 26 heavy (non-hydrogen) atoms. The van der Waals surface area contributed by atoms with E-state index in [4.69, 9.17) is 0 Å². The van der Waals surface area contributed by atoms with Gasteiger partial charge in [0.1, 0.15) is 17.5 Å². The van der Waals surface area contributed by atoms with Gasteiger partial charge < -0.3 is 5.32 Å². The third-order valence-electron chi connectivity index (χ3n) is 3.71. The first kappa shape index (κ1) is 17.1. The molecule has 0 atom stereocenters. The zero-order valence-corrected chi connectivity index (χ0v) is 14.5. The van der Waals surface area contributed by atoms with Crippen molar-refractivity contribution in [2.75, 3.05) is 5.32 Å². The van der Waals surface area contributed by atoms with Crippen molar-refractivity contribution in [1.82, 2.24) is 14.8 Å². The number of hydrogen-bond donors (Lipinski definition) is 1. The van der Waals surface area contributed by atoms with Gasteiger partial charge in [-0.1, -0.05) is 23.8 Å². The number of anilines is 1. The second-order valence-corrected chi connectivity index (χ2v) is 5.83. The summed E-state index contributed by atoms with van der Waals surface area (Å²) in [7, 11) is 0. The Morgan fingerprint density at radius 2 is 2.00 bits per heavy atom. The van der Waals surface area contributed by atoms with E-state index in [1.54, 1.807) is 35.3 Å². The Kier molecular flexibility index (Phi) is 4.90. The van der Waals surface area contributed by atoms with Gasteiger partial charge in [0, 0.05) is 18.5 Å². The number of carbonyl (C=O) groups is 1. The summed E-state index contributed by atoms with van der Waals surface area (Å²) >= 11 is 0. The third-order valence-corrected chi connectivity index (χ3v) is 3.71. The maximum Gasteiger partial charge on any atom is 0.267 e. The van der Waals surface area contributed by atoms with Crippen LogP contribution in [0.2, 0.25) is 0 Å². The number of hydrogen-bond acceptors (Lipinski definition) is 4. The number of aromatic nitrogens is 3. The van der Waals surface area contributed by atoms with Gasteiger partial charge >= 0.3 is 0 Å². The highest BCUT2D eigenvalue weighted by Crippen LogP contribution is 2.18. The highest BCUT2D eigenvalue weighted by atomic mass is 16.1. The molecule has 1 aromatic carbocycles. The zero-order chi connectivity index (χ0) is 18.5. The van der Waals surface area contributed by atoms with Crippen molar-refractivity contribution in [1.29, 1.82) is 5.26 Å². The molecule has 0 fully saturated rings. The molecule has 0 radical (unpaired) electrons. The summed E-state index contributed by atoms with van der Waals surface area (Å²) in [5, 5.41) is 16.5. The van der Waals surface area contributed by atoms with E-state index in [2.05, 4.69) is 15.4 Å².